The standard InChI is InChI=1S/C18H24N4O2/c1-13-17(19-12-24-13)11-21-7-5-14(6-8-21)10-22-18(23)9-15-3-2-4-16(15)20-22/h9,12,14H,2-8,10-11H2,1H3. The Bertz CT molecular complexity index is 772. The van der Waals surface area contributed by atoms with E-state index in [1.807, 2.05) is 6.92 Å². The lowest BCUT2D eigenvalue weighted by molar-refractivity contribution is 0.161. The summed E-state index contributed by atoms with van der Waals surface area (Å²) in [5.74, 6) is 1.44. The fraction of sp³-hybridized carbons (Fsp3) is 0.611. The second kappa shape index (κ2) is 6.51. The van der Waals surface area contributed by atoms with Gasteiger partial charge in [0.25, 0.3) is 5.56 Å². The molecule has 24 heavy (non-hydrogen) atoms. The Labute approximate surface area is 141 Å². The van der Waals surface area contributed by atoms with Gasteiger partial charge in [0, 0.05) is 19.2 Å². The first-order valence-corrected chi connectivity index (χ1v) is 8.90. The number of fused-ring (bicyclic) bond motifs is 1. The molecule has 1 aliphatic carbocycles. The molecule has 0 N–H and O–H groups in total. The molecule has 0 bridgehead atoms. The molecule has 0 amide bonds. The van der Waals surface area contributed by atoms with Crippen molar-refractivity contribution in [1.82, 2.24) is 19.7 Å². The lowest BCUT2D eigenvalue weighted by Crippen LogP contribution is -2.36. The fourth-order valence-corrected chi connectivity index (χ4v) is 3.83. The molecule has 128 valence electrons. The predicted molar refractivity (Wildman–Crippen MR) is 89.8 cm³/mol. The molecule has 2 aromatic heterocycles. The van der Waals surface area contributed by atoms with E-state index in [4.69, 9.17) is 4.42 Å². The molecular formula is C18H24N4O2. The summed E-state index contributed by atoms with van der Waals surface area (Å²) in [7, 11) is 0. The van der Waals surface area contributed by atoms with Crippen LogP contribution in [0.15, 0.2) is 21.7 Å². The van der Waals surface area contributed by atoms with Crippen molar-refractivity contribution in [1.29, 1.82) is 0 Å². The Kier molecular flexibility index (Phi) is 4.22. The Balaban J connectivity index is 1.35. The third-order valence-electron chi connectivity index (χ3n) is 5.38. The van der Waals surface area contributed by atoms with E-state index < -0.39 is 0 Å². The van der Waals surface area contributed by atoms with Gasteiger partial charge < -0.3 is 4.42 Å². The van der Waals surface area contributed by atoms with Crippen LogP contribution in [0.2, 0.25) is 0 Å². The Morgan fingerprint density at radius 2 is 2.12 bits per heavy atom. The van der Waals surface area contributed by atoms with Crippen LogP contribution in [0.25, 0.3) is 0 Å². The van der Waals surface area contributed by atoms with Gasteiger partial charge in [0.15, 0.2) is 6.39 Å². The summed E-state index contributed by atoms with van der Waals surface area (Å²) in [5, 5.41) is 4.61. The van der Waals surface area contributed by atoms with Gasteiger partial charge in [-0.1, -0.05) is 0 Å². The number of piperidine rings is 1. The van der Waals surface area contributed by atoms with Crippen molar-refractivity contribution in [2.75, 3.05) is 13.1 Å². The highest BCUT2D eigenvalue weighted by molar-refractivity contribution is 5.22. The zero-order valence-corrected chi connectivity index (χ0v) is 14.2. The third kappa shape index (κ3) is 3.15. The monoisotopic (exact) mass is 328 g/mol. The molecule has 3 heterocycles. The molecule has 0 unspecified atom stereocenters. The topological polar surface area (TPSA) is 64.2 Å². The van der Waals surface area contributed by atoms with Crippen LogP contribution in [-0.4, -0.2) is 32.8 Å². The third-order valence-corrected chi connectivity index (χ3v) is 5.38. The summed E-state index contributed by atoms with van der Waals surface area (Å²) in [6, 6.07) is 1.80. The number of oxazole rings is 1. The van der Waals surface area contributed by atoms with E-state index in [0.29, 0.717) is 5.92 Å². The van der Waals surface area contributed by atoms with Crippen molar-refractivity contribution < 1.29 is 4.42 Å². The summed E-state index contributed by atoms with van der Waals surface area (Å²) < 4.78 is 6.97. The van der Waals surface area contributed by atoms with Crippen molar-refractivity contribution in [2.24, 2.45) is 5.92 Å². The molecule has 2 aromatic rings. The molecule has 6 nitrogen and oxygen atoms in total. The number of rotatable bonds is 4. The normalized spacial score (nSPS) is 18.9. The summed E-state index contributed by atoms with van der Waals surface area (Å²) in [6.07, 6.45) is 6.88. The highest BCUT2D eigenvalue weighted by atomic mass is 16.3. The number of aryl methyl sites for hydroxylation is 3. The van der Waals surface area contributed by atoms with E-state index in [2.05, 4.69) is 15.0 Å². The molecule has 4 rings (SSSR count). The molecular weight excluding hydrogens is 304 g/mol. The first kappa shape index (κ1) is 15.6. The van der Waals surface area contributed by atoms with Gasteiger partial charge in [-0.3, -0.25) is 9.69 Å². The van der Waals surface area contributed by atoms with Crippen LogP contribution in [0.3, 0.4) is 0 Å². The van der Waals surface area contributed by atoms with Crippen LogP contribution in [0.4, 0.5) is 0 Å². The Hall–Kier alpha value is -1.95. The van der Waals surface area contributed by atoms with Crippen molar-refractivity contribution in [3.63, 3.8) is 0 Å². The fourth-order valence-electron chi connectivity index (χ4n) is 3.83. The average Bonchev–Trinajstić information content (AvgIpc) is 3.18. The maximum absolute atomic E-state index is 12.2. The minimum atomic E-state index is 0.0660. The van der Waals surface area contributed by atoms with Crippen molar-refractivity contribution in [2.45, 2.75) is 52.1 Å². The maximum Gasteiger partial charge on any atom is 0.267 e. The second-order valence-corrected chi connectivity index (χ2v) is 7.06. The van der Waals surface area contributed by atoms with Crippen LogP contribution in [0.5, 0.6) is 0 Å². The van der Waals surface area contributed by atoms with Gasteiger partial charge in [0.2, 0.25) is 0 Å². The highest BCUT2D eigenvalue weighted by Crippen LogP contribution is 2.22. The summed E-state index contributed by atoms with van der Waals surface area (Å²) >= 11 is 0. The molecule has 1 saturated heterocycles. The highest BCUT2D eigenvalue weighted by Gasteiger charge is 2.22. The first-order valence-electron chi connectivity index (χ1n) is 8.90. The second-order valence-electron chi connectivity index (χ2n) is 7.06. The van der Waals surface area contributed by atoms with Crippen molar-refractivity contribution >= 4 is 0 Å². The SMILES string of the molecule is Cc1ocnc1CN1CCC(Cn2nc3c(cc2=O)CCC3)CC1. The minimum absolute atomic E-state index is 0.0660. The number of hydrogen-bond donors (Lipinski definition) is 0. The Morgan fingerprint density at radius 1 is 1.29 bits per heavy atom. The van der Waals surface area contributed by atoms with Crippen LogP contribution in [0.1, 0.15) is 42.0 Å². The van der Waals surface area contributed by atoms with Gasteiger partial charge in [0.05, 0.1) is 11.4 Å². The number of hydrogen-bond acceptors (Lipinski definition) is 5. The van der Waals surface area contributed by atoms with E-state index in [9.17, 15) is 4.79 Å². The van der Waals surface area contributed by atoms with Gasteiger partial charge in [-0.05, 0) is 63.6 Å². The van der Waals surface area contributed by atoms with Gasteiger partial charge in [0.1, 0.15) is 5.76 Å². The van der Waals surface area contributed by atoms with Crippen molar-refractivity contribution in [3.8, 4) is 0 Å². The summed E-state index contributed by atoms with van der Waals surface area (Å²) in [4.78, 5) is 18.9. The molecule has 0 saturated carbocycles. The van der Waals surface area contributed by atoms with Gasteiger partial charge in [-0.2, -0.15) is 5.10 Å². The van der Waals surface area contributed by atoms with E-state index in [-0.39, 0.29) is 5.56 Å². The molecule has 1 aliphatic heterocycles. The smallest absolute Gasteiger partial charge is 0.267 e. The first-order chi connectivity index (χ1) is 11.7. The largest absolute Gasteiger partial charge is 0.448 e. The Morgan fingerprint density at radius 3 is 2.88 bits per heavy atom. The van der Waals surface area contributed by atoms with Gasteiger partial charge in [-0.25, -0.2) is 9.67 Å². The summed E-state index contributed by atoms with van der Waals surface area (Å²) in [5.41, 5.74) is 3.39. The zero-order valence-electron chi connectivity index (χ0n) is 14.2. The molecule has 6 heteroatoms. The maximum atomic E-state index is 12.2. The van der Waals surface area contributed by atoms with E-state index >= 15 is 0 Å². The molecule has 0 atom stereocenters. The van der Waals surface area contributed by atoms with Crippen molar-refractivity contribution in [3.05, 3.63) is 45.5 Å². The zero-order chi connectivity index (χ0) is 16.5. The molecule has 2 aliphatic rings. The van der Waals surface area contributed by atoms with Gasteiger partial charge in [-0.15, -0.1) is 0 Å². The molecule has 0 aromatic carbocycles. The quantitative estimate of drug-likeness (QED) is 0.858. The number of aromatic nitrogens is 3. The van der Waals surface area contributed by atoms with Crippen LogP contribution >= 0.6 is 0 Å². The number of likely N-dealkylation sites (tertiary alicyclic amines) is 1. The van der Waals surface area contributed by atoms with Crippen LogP contribution in [-0.2, 0) is 25.9 Å². The van der Waals surface area contributed by atoms with E-state index in [1.54, 1.807) is 10.7 Å². The molecule has 1 fully saturated rings. The number of nitrogens with zero attached hydrogens (tertiary/aromatic N) is 4. The minimum Gasteiger partial charge on any atom is -0.448 e. The van der Waals surface area contributed by atoms with Crippen LogP contribution in [0, 0.1) is 12.8 Å². The van der Waals surface area contributed by atoms with E-state index in [0.717, 1.165) is 81.0 Å². The van der Waals surface area contributed by atoms with Gasteiger partial charge >= 0.3 is 0 Å². The van der Waals surface area contributed by atoms with E-state index in [1.165, 1.54) is 6.39 Å². The predicted octanol–water partition coefficient (Wildman–Crippen LogP) is 1.94. The van der Waals surface area contributed by atoms with Crippen LogP contribution < -0.4 is 5.56 Å². The molecule has 0 spiro atoms. The average molecular weight is 328 g/mol. The molecule has 0 radical (unpaired) electrons. The lowest BCUT2D eigenvalue weighted by atomic mass is 9.96. The summed E-state index contributed by atoms with van der Waals surface area (Å²) in [6.45, 7) is 5.64. The lowest BCUT2D eigenvalue weighted by Gasteiger charge is -2.31.